The van der Waals surface area contributed by atoms with Gasteiger partial charge in [0.1, 0.15) is 0 Å². The number of hydrogen-bond acceptors (Lipinski definition) is 10. The summed E-state index contributed by atoms with van der Waals surface area (Å²) in [5.74, 6) is 0.301. The first-order valence-electron chi connectivity index (χ1n) is 37.4. The molecular weight excluding hydrogens is 1400 g/mol. The molecule has 0 aliphatic heterocycles. The average Bonchev–Trinajstić information content (AvgIpc) is 0.893. The lowest BCUT2D eigenvalue weighted by molar-refractivity contribution is 0.103. The van der Waals surface area contributed by atoms with Crippen LogP contribution < -0.4 is 0 Å². The Balaban J connectivity index is -0.000000150. The molecule has 12 aromatic carbocycles. The summed E-state index contributed by atoms with van der Waals surface area (Å²) in [4.78, 5) is 47.4. The molecule has 0 bridgehead atoms. The van der Waals surface area contributed by atoms with E-state index in [0.29, 0.717) is 0 Å². The van der Waals surface area contributed by atoms with Crippen LogP contribution in [0, 0.1) is 0 Å². The van der Waals surface area contributed by atoms with E-state index in [4.69, 9.17) is 0 Å². The van der Waals surface area contributed by atoms with Crippen LogP contribution in [0.5, 0.6) is 0 Å². The topological polar surface area (TPSA) is 124 Å². The van der Waals surface area contributed by atoms with E-state index in [9.17, 15) is 19.2 Å². The maximum absolute atomic E-state index is 11.8. The molecule has 0 saturated carbocycles. The summed E-state index contributed by atoms with van der Waals surface area (Å²) in [6.45, 7) is 27.5. The number of carbonyl (C=O) groups excluding carboxylic acids is 4. The first-order valence-corrected chi connectivity index (χ1v) is 37.4. The predicted molar refractivity (Wildman–Crippen MR) is 493 cm³/mol. The van der Waals surface area contributed by atoms with Crippen LogP contribution in [0.1, 0.15) is 154 Å². The summed E-state index contributed by atoms with van der Waals surface area (Å²) < 4.78 is 25.5. The van der Waals surface area contributed by atoms with Gasteiger partial charge in [-0.3, -0.25) is 19.2 Å². The lowest BCUT2D eigenvalue weighted by Crippen LogP contribution is -1.99. The molecule has 0 saturated heterocycles. The van der Waals surface area contributed by atoms with Gasteiger partial charge < -0.3 is 28.4 Å². The Morgan fingerprint density at radius 2 is 0.212 bits per heavy atom. The Labute approximate surface area is 687 Å². The van der Waals surface area contributed by atoms with Crippen molar-refractivity contribution in [2.45, 2.75) is 90.5 Å². The van der Waals surface area contributed by atoms with Crippen LogP contribution >= 0.6 is 0 Å². The van der Waals surface area contributed by atoms with E-state index in [1.165, 1.54) is 5.57 Å². The van der Waals surface area contributed by atoms with Crippen molar-refractivity contribution in [1.29, 1.82) is 0 Å². The van der Waals surface area contributed by atoms with E-state index in [1.54, 1.807) is 85.3 Å². The van der Waals surface area contributed by atoms with Crippen LogP contribution in [0.25, 0.3) is 0 Å². The molecule has 0 unspecified atom stereocenters. The zero-order chi connectivity index (χ0) is 86.0. The van der Waals surface area contributed by atoms with Gasteiger partial charge in [0.25, 0.3) is 0 Å². The van der Waals surface area contributed by atoms with Gasteiger partial charge in [-0.25, -0.2) is 0 Å². The fourth-order valence-corrected chi connectivity index (χ4v) is 6.92. The summed E-state index contributed by atoms with van der Waals surface area (Å²) >= 11 is 0. The molecule has 12 rings (SSSR count). The Kier molecular flexibility index (Phi) is 112. The van der Waals surface area contributed by atoms with Gasteiger partial charge in [0.15, 0.2) is 23.1 Å². The van der Waals surface area contributed by atoms with Crippen molar-refractivity contribution in [1.82, 2.24) is 0 Å². The predicted octanol–water partition coefficient (Wildman–Crippen LogP) is 27.3. The van der Waals surface area contributed by atoms with Crippen molar-refractivity contribution in [2.24, 2.45) is 0 Å². The second-order valence-electron chi connectivity index (χ2n) is 20.5. The van der Waals surface area contributed by atoms with Gasteiger partial charge in [-0.2, -0.15) is 0 Å². The standard InChI is InChI=1S/4C13H10O.4C6H6.C4H8.6C2H6O.5C2H6.CH4/c4*14-13(11-7-3-1-4-8-11)12-9-5-2-6-10-12;4*1-2-4-6-5-3-1;1-4(2)3;6*1-3-2;5*1-2;/h4*1-10H;4*1-6H;1H2,2-3H3;6*1-2H3;5*1-2H3;1H4. The van der Waals surface area contributed by atoms with E-state index < -0.39 is 0 Å². The lowest BCUT2D eigenvalue weighted by atomic mass is 10.0. The van der Waals surface area contributed by atoms with Crippen LogP contribution in [0.15, 0.2) is 400 Å². The van der Waals surface area contributed by atoms with Gasteiger partial charge in [-0.15, -0.1) is 6.58 Å². The number of ketones is 4. The van der Waals surface area contributed by atoms with Gasteiger partial charge in [-0.05, 0) is 13.8 Å². The molecule has 0 aliphatic rings. The quantitative estimate of drug-likeness (QED) is 0.107. The minimum absolute atomic E-state index is 0. The third-order valence-corrected chi connectivity index (χ3v) is 11.0. The molecule has 12 aromatic rings. The van der Waals surface area contributed by atoms with Crippen molar-refractivity contribution in [2.75, 3.05) is 85.3 Å². The molecule has 0 spiro atoms. The number of benzene rings is 12. The van der Waals surface area contributed by atoms with Crippen LogP contribution in [0.4, 0.5) is 0 Å². The minimum atomic E-state index is 0. The number of rotatable bonds is 8. The Morgan fingerprint density at radius 1 is 0.168 bits per heavy atom. The molecule has 614 valence electrons. The zero-order valence-electron chi connectivity index (χ0n) is 72.2. The number of hydrogen-bond donors (Lipinski definition) is 0. The third kappa shape index (κ3) is 83.1. The van der Waals surface area contributed by atoms with E-state index in [0.717, 1.165) is 44.5 Å². The maximum atomic E-state index is 11.8. The highest BCUT2D eigenvalue weighted by Crippen LogP contribution is 2.12. The molecule has 113 heavy (non-hydrogen) atoms. The van der Waals surface area contributed by atoms with Crippen molar-refractivity contribution >= 4 is 23.1 Å². The normalized spacial score (nSPS) is 7.96. The molecule has 0 aliphatic carbocycles. The maximum Gasteiger partial charge on any atom is 0.193 e. The molecule has 0 amide bonds. The molecule has 0 fully saturated rings. The molecular formula is C103H142O10. The second kappa shape index (κ2) is 105. The molecule has 0 aromatic heterocycles. The largest absolute Gasteiger partial charge is 0.388 e. The fourth-order valence-electron chi connectivity index (χ4n) is 6.92. The van der Waals surface area contributed by atoms with Crippen LogP contribution in [0.2, 0.25) is 0 Å². The molecule has 10 nitrogen and oxygen atoms in total. The first kappa shape index (κ1) is 120. The van der Waals surface area contributed by atoms with Gasteiger partial charge >= 0.3 is 0 Å². The summed E-state index contributed by atoms with van der Waals surface area (Å²) in [6.07, 6.45) is 0. The minimum Gasteiger partial charge on any atom is -0.388 e. The molecule has 10 heteroatoms. The highest BCUT2D eigenvalue weighted by atomic mass is 16.5. The van der Waals surface area contributed by atoms with Gasteiger partial charge in [0.05, 0.1) is 0 Å². The number of carbonyl (C=O) groups is 4. The Bertz CT molecular complexity index is 2890. The average molecular weight is 1540 g/mol. The SMILES string of the molecule is C.C=C(C)C.CC.CC.CC.CC.CC.COC.COC.COC.COC.COC.COC.O=C(c1ccccc1)c1ccccc1.O=C(c1ccccc1)c1ccccc1.O=C(c1ccccc1)c1ccccc1.O=C(c1ccccc1)c1ccccc1.c1ccccc1.c1ccccc1.c1ccccc1.c1ccccc1. The summed E-state index contributed by atoms with van der Waals surface area (Å²) in [5, 5.41) is 0. The zero-order valence-corrected chi connectivity index (χ0v) is 72.2. The van der Waals surface area contributed by atoms with Crippen LogP contribution in [0.3, 0.4) is 0 Å². The third-order valence-electron chi connectivity index (χ3n) is 11.0. The lowest BCUT2D eigenvalue weighted by Gasteiger charge is -1.99. The molecule has 0 heterocycles. The smallest absolute Gasteiger partial charge is 0.193 e. The van der Waals surface area contributed by atoms with Crippen molar-refractivity contribution < 1.29 is 47.6 Å². The van der Waals surface area contributed by atoms with Crippen molar-refractivity contribution in [3.05, 3.63) is 445 Å². The van der Waals surface area contributed by atoms with E-state index >= 15 is 0 Å². The van der Waals surface area contributed by atoms with E-state index in [1.807, 2.05) is 471 Å². The summed E-state index contributed by atoms with van der Waals surface area (Å²) in [6, 6.07) is 122. The van der Waals surface area contributed by atoms with Gasteiger partial charge in [0.2, 0.25) is 0 Å². The van der Waals surface area contributed by atoms with Gasteiger partial charge in [0, 0.05) is 130 Å². The molecule has 0 N–H and O–H groups in total. The monoisotopic (exact) mass is 1540 g/mol. The summed E-state index contributed by atoms with van der Waals surface area (Å²) in [5.41, 5.74) is 7.05. The Hall–Kier alpha value is -11.2. The number of allylic oxidation sites excluding steroid dienone is 1. The number of methoxy groups -OCH3 is 6. The number of ether oxygens (including phenoxy) is 6. The highest BCUT2D eigenvalue weighted by Gasteiger charge is 2.09. The molecule has 0 radical (unpaired) electrons. The van der Waals surface area contributed by atoms with Crippen LogP contribution in [-0.2, 0) is 28.4 Å². The van der Waals surface area contributed by atoms with Crippen molar-refractivity contribution in [3.63, 3.8) is 0 Å². The Morgan fingerprint density at radius 3 is 0.265 bits per heavy atom. The second-order valence-corrected chi connectivity index (χ2v) is 20.5. The first-order chi connectivity index (χ1) is 54.7. The molecule has 0 atom stereocenters. The van der Waals surface area contributed by atoms with E-state index in [2.05, 4.69) is 35.0 Å². The summed E-state index contributed by atoms with van der Waals surface area (Å²) in [7, 11) is 19.5. The van der Waals surface area contributed by atoms with Crippen LogP contribution in [-0.4, -0.2) is 108 Å². The van der Waals surface area contributed by atoms with E-state index in [-0.39, 0.29) is 30.6 Å². The highest BCUT2D eigenvalue weighted by molar-refractivity contribution is 6.10. The fraction of sp³-hybridized carbons (Fsp3) is 0.243. The van der Waals surface area contributed by atoms with Crippen molar-refractivity contribution in [3.8, 4) is 0 Å². The van der Waals surface area contributed by atoms with Gasteiger partial charge in [-0.1, -0.05) is 470 Å².